The van der Waals surface area contributed by atoms with Crippen molar-refractivity contribution >= 4 is 5.91 Å². The molecule has 0 radical (unpaired) electrons. The zero-order chi connectivity index (χ0) is 10.6. The lowest BCUT2D eigenvalue weighted by Gasteiger charge is -2.03. The van der Waals surface area contributed by atoms with Gasteiger partial charge in [0.15, 0.2) is 0 Å². The Bertz CT molecular complexity index is 409. The van der Waals surface area contributed by atoms with Crippen LogP contribution in [-0.4, -0.2) is 13.0 Å². The molecular formula is C9H9N3O2. The normalized spacial score (nSPS) is 9.00. The van der Waals surface area contributed by atoms with E-state index >= 15 is 0 Å². The first kappa shape index (κ1) is 10.1. The van der Waals surface area contributed by atoms with E-state index < -0.39 is 5.91 Å². The van der Waals surface area contributed by atoms with Crippen molar-refractivity contribution in [2.75, 3.05) is 7.11 Å². The van der Waals surface area contributed by atoms with E-state index in [-0.39, 0.29) is 0 Å². The average molecular weight is 191 g/mol. The Labute approximate surface area is 80.9 Å². The summed E-state index contributed by atoms with van der Waals surface area (Å²) >= 11 is 0. The minimum Gasteiger partial charge on any atom is -0.497 e. The maximum Gasteiger partial charge on any atom is 0.249 e. The van der Waals surface area contributed by atoms with Gasteiger partial charge in [0, 0.05) is 10.5 Å². The molecule has 1 aromatic carbocycles. The lowest BCUT2D eigenvalue weighted by atomic mass is 10.1. The van der Waals surface area contributed by atoms with E-state index in [4.69, 9.17) is 10.3 Å². The van der Waals surface area contributed by atoms with Gasteiger partial charge in [-0.05, 0) is 41.3 Å². The Kier molecular flexibility index (Phi) is 3.09. The fourth-order valence-corrected chi connectivity index (χ4v) is 1.09. The van der Waals surface area contributed by atoms with Crippen molar-refractivity contribution in [3.05, 3.63) is 39.8 Å². The summed E-state index contributed by atoms with van der Waals surface area (Å²) in [6.45, 7) is 1.83. The van der Waals surface area contributed by atoms with Gasteiger partial charge in [-0.3, -0.25) is 4.79 Å². The number of aryl methyl sites for hydroxylation is 1. The molecule has 0 heterocycles. The quantitative estimate of drug-likeness (QED) is 0.409. The molecule has 0 spiro atoms. The van der Waals surface area contributed by atoms with Crippen molar-refractivity contribution < 1.29 is 9.53 Å². The summed E-state index contributed by atoms with van der Waals surface area (Å²) in [6.07, 6.45) is 0. The number of rotatable bonds is 2. The summed E-state index contributed by atoms with van der Waals surface area (Å²) in [4.78, 5) is 13.6. The van der Waals surface area contributed by atoms with E-state index in [0.717, 1.165) is 5.56 Å². The SMILES string of the molecule is COc1cc(C)cc(C(=O)N=[N+]=[N-])c1. The van der Waals surface area contributed by atoms with Gasteiger partial charge in [0.25, 0.3) is 0 Å². The van der Waals surface area contributed by atoms with Crippen molar-refractivity contribution in [1.82, 2.24) is 0 Å². The van der Waals surface area contributed by atoms with E-state index in [1.807, 2.05) is 6.92 Å². The van der Waals surface area contributed by atoms with E-state index in [1.165, 1.54) is 13.2 Å². The molecule has 1 rings (SSSR count). The molecule has 0 atom stereocenters. The maximum absolute atomic E-state index is 11.2. The second kappa shape index (κ2) is 4.30. The largest absolute Gasteiger partial charge is 0.497 e. The van der Waals surface area contributed by atoms with Crippen LogP contribution in [0, 0.1) is 6.92 Å². The van der Waals surface area contributed by atoms with E-state index in [0.29, 0.717) is 11.3 Å². The Balaban J connectivity index is 3.14. The first-order valence-electron chi connectivity index (χ1n) is 3.92. The molecule has 0 saturated heterocycles. The third-order valence-electron chi connectivity index (χ3n) is 1.67. The highest BCUT2D eigenvalue weighted by atomic mass is 16.5. The van der Waals surface area contributed by atoms with Gasteiger partial charge < -0.3 is 4.74 Å². The van der Waals surface area contributed by atoms with Crippen molar-refractivity contribution in [2.24, 2.45) is 5.11 Å². The smallest absolute Gasteiger partial charge is 0.249 e. The molecule has 1 aromatic rings. The van der Waals surface area contributed by atoms with Crippen LogP contribution in [0.3, 0.4) is 0 Å². The first-order chi connectivity index (χ1) is 6.67. The molecule has 0 aliphatic carbocycles. The van der Waals surface area contributed by atoms with Crippen LogP contribution in [0.4, 0.5) is 0 Å². The van der Waals surface area contributed by atoms with Gasteiger partial charge in [-0.1, -0.05) is 0 Å². The highest BCUT2D eigenvalue weighted by Crippen LogP contribution is 2.16. The molecule has 0 aromatic heterocycles. The van der Waals surface area contributed by atoms with Gasteiger partial charge in [0.05, 0.1) is 7.11 Å². The van der Waals surface area contributed by atoms with Gasteiger partial charge in [-0.2, -0.15) is 0 Å². The number of benzene rings is 1. The lowest BCUT2D eigenvalue weighted by Crippen LogP contribution is -1.95. The molecule has 1 amide bonds. The predicted molar refractivity (Wildman–Crippen MR) is 51.2 cm³/mol. The maximum atomic E-state index is 11.2. The van der Waals surface area contributed by atoms with Gasteiger partial charge in [-0.25, -0.2) is 0 Å². The monoisotopic (exact) mass is 191 g/mol. The summed E-state index contributed by atoms with van der Waals surface area (Å²) in [6, 6.07) is 4.95. The fourth-order valence-electron chi connectivity index (χ4n) is 1.09. The molecule has 0 saturated carbocycles. The Hall–Kier alpha value is -2.00. The van der Waals surface area contributed by atoms with Crippen molar-refractivity contribution in [3.63, 3.8) is 0 Å². The van der Waals surface area contributed by atoms with E-state index in [9.17, 15) is 4.79 Å². The van der Waals surface area contributed by atoms with Crippen LogP contribution in [-0.2, 0) is 0 Å². The molecule has 0 N–H and O–H groups in total. The number of hydrogen-bond acceptors (Lipinski definition) is 2. The zero-order valence-corrected chi connectivity index (χ0v) is 7.89. The summed E-state index contributed by atoms with van der Waals surface area (Å²) in [5.74, 6) is -0.0315. The van der Waals surface area contributed by atoms with Gasteiger partial charge in [0.1, 0.15) is 5.75 Å². The summed E-state index contributed by atoms with van der Waals surface area (Å²) in [7, 11) is 1.51. The Morgan fingerprint density at radius 3 is 2.79 bits per heavy atom. The molecular weight excluding hydrogens is 182 g/mol. The molecule has 5 heteroatoms. The molecule has 14 heavy (non-hydrogen) atoms. The molecule has 0 bridgehead atoms. The Morgan fingerprint density at radius 2 is 2.21 bits per heavy atom. The molecule has 5 nitrogen and oxygen atoms in total. The van der Waals surface area contributed by atoms with Crippen molar-refractivity contribution in [1.29, 1.82) is 0 Å². The number of hydrogen-bond donors (Lipinski definition) is 0. The molecule has 72 valence electrons. The minimum atomic E-state index is -0.602. The molecule has 0 aliphatic heterocycles. The summed E-state index contributed by atoms with van der Waals surface area (Å²) in [5, 5.41) is 3.00. The van der Waals surface area contributed by atoms with Crippen LogP contribution in [0.5, 0.6) is 5.75 Å². The second-order valence-corrected chi connectivity index (χ2v) is 2.73. The van der Waals surface area contributed by atoms with Crippen molar-refractivity contribution in [3.8, 4) is 5.75 Å². The standard InChI is InChI=1S/C9H9N3O2/c1-6-3-7(9(13)11-12-10)5-8(4-6)14-2/h3-5H,1-2H3. The highest BCUT2D eigenvalue weighted by molar-refractivity contribution is 5.95. The molecule has 0 unspecified atom stereocenters. The van der Waals surface area contributed by atoms with Gasteiger partial charge in [-0.15, -0.1) is 0 Å². The topological polar surface area (TPSA) is 75.1 Å². The summed E-state index contributed by atoms with van der Waals surface area (Å²) in [5.41, 5.74) is 9.31. The zero-order valence-electron chi connectivity index (χ0n) is 7.89. The van der Waals surface area contributed by atoms with Crippen LogP contribution >= 0.6 is 0 Å². The van der Waals surface area contributed by atoms with Crippen LogP contribution in [0.15, 0.2) is 23.3 Å². The number of methoxy groups -OCH3 is 1. The third kappa shape index (κ3) is 2.24. The van der Waals surface area contributed by atoms with E-state index in [2.05, 4.69) is 10.0 Å². The second-order valence-electron chi connectivity index (χ2n) is 2.73. The predicted octanol–water partition coefficient (Wildman–Crippen LogP) is 2.45. The van der Waals surface area contributed by atoms with Gasteiger partial charge >= 0.3 is 0 Å². The van der Waals surface area contributed by atoms with Crippen LogP contribution in [0.25, 0.3) is 10.4 Å². The number of carbonyl (C=O) groups is 1. The lowest BCUT2D eigenvalue weighted by molar-refractivity contribution is 0.1000. The number of carbonyl (C=O) groups excluding carboxylic acids is 1. The Morgan fingerprint density at radius 1 is 1.50 bits per heavy atom. The van der Waals surface area contributed by atoms with Crippen molar-refractivity contribution in [2.45, 2.75) is 6.92 Å². The minimum absolute atomic E-state index is 0.333. The highest BCUT2D eigenvalue weighted by Gasteiger charge is 2.05. The number of azide groups is 1. The average Bonchev–Trinajstić information content (AvgIpc) is 2.17. The number of nitrogens with zero attached hydrogens (tertiary/aromatic N) is 3. The van der Waals surface area contributed by atoms with Gasteiger partial charge in [0.2, 0.25) is 5.91 Å². The molecule has 0 aliphatic rings. The van der Waals surface area contributed by atoms with Crippen LogP contribution < -0.4 is 4.74 Å². The number of amides is 1. The van der Waals surface area contributed by atoms with Crippen LogP contribution in [0.2, 0.25) is 0 Å². The fraction of sp³-hybridized carbons (Fsp3) is 0.222. The third-order valence-corrected chi connectivity index (χ3v) is 1.67. The first-order valence-corrected chi connectivity index (χ1v) is 3.92. The number of ether oxygens (including phenoxy) is 1. The van der Waals surface area contributed by atoms with Crippen LogP contribution in [0.1, 0.15) is 15.9 Å². The summed E-state index contributed by atoms with van der Waals surface area (Å²) < 4.78 is 4.98. The van der Waals surface area contributed by atoms with E-state index in [1.54, 1.807) is 12.1 Å². The molecule has 0 fully saturated rings.